The lowest BCUT2D eigenvalue weighted by Crippen LogP contribution is -2.30. The molecule has 2 N–H and O–H groups in total. The van der Waals surface area contributed by atoms with Crippen LogP contribution in [0.2, 0.25) is 5.02 Å². The van der Waals surface area contributed by atoms with Gasteiger partial charge in [0.2, 0.25) is 0 Å². The summed E-state index contributed by atoms with van der Waals surface area (Å²) in [6.07, 6.45) is 0. The number of hydrogen-bond donors (Lipinski definition) is 2. The fourth-order valence-corrected chi connectivity index (χ4v) is 5.46. The molecule has 4 aromatic rings. The van der Waals surface area contributed by atoms with Gasteiger partial charge >= 0.3 is 0 Å². The first-order chi connectivity index (χ1) is 16.7. The molecule has 0 aliphatic rings. The predicted octanol–water partition coefficient (Wildman–Crippen LogP) is 6.28. The van der Waals surface area contributed by atoms with Crippen molar-refractivity contribution in [3.8, 4) is 0 Å². The van der Waals surface area contributed by atoms with Crippen LogP contribution in [0.3, 0.4) is 0 Å². The van der Waals surface area contributed by atoms with Crippen molar-refractivity contribution in [2.24, 2.45) is 0 Å². The molecule has 4 aromatic carbocycles. The second kappa shape index (κ2) is 10.3. The number of rotatable bonds is 7. The van der Waals surface area contributed by atoms with Crippen molar-refractivity contribution in [1.29, 1.82) is 0 Å². The summed E-state index contributed by atoms with van der Waals surface area (Å²) in [6.45, 7) is 3.86. The monoisotopic (exact) mass is 504 g/mol. The number of hydrogen-bond acceptors (Lipinski definition) is 3. The molecule has 0 heterocycles. The lowest BCUT2D eigenvalue weighted by Gasteiger charge is -2.22. The van der Waals surface area contributed by atoms with Crippen LogP contribution < -0.4 is 10.0 Å². The normalized spacial score (nSPS) is 12.1. The number of nitrogens with one attached hydrogen (secondary N) is 2. The van der Waals surface area contributed by atoms with Crippen molar-refractivity contribution in [3.63, 3.8) is 0 Å². The summed E-state index contributed by atoms with van der Waals surface area (Å²) in [4.78, 5) is 13.2. The maximum atomic E-state index is 13.3. The number of benzene rings is 4. The number of halogens is 1. The summed E-state index contributed by atoms with van der Waals surface area (Å²) in [7, 11) is -4.02. The van der Waals surface area contributed by atoms with Crippen LogP contribution in [0.25, 0.3) is 0 Å². The average Bonchev–Trinajstić information content (AvgIpc) is 2.83. The fraction of sp³-hybridized carbons (Fsp3) is 0.107. The summed E-state index contributed by atoms with van der Waals surface area (Å²) in [5.41, 5.74) is 4.41. The van der Waals surface area contributed by atoms with Gasteiger partial charge in [-0.25, -0.2) is 8.42 Å². The van der Waals surface area contributed by atoms with E-state index in [2.05, 4.69) is 10.0 Å². The van der Waals surface area contributed by atoms with E-state index in [-0.39, 0.29) is 15.5 Å². The second-order valence-corrected chi connectivity index (χ2v) is 10.4. The van der Waals surface area contributed by atoms with Gasteiger partial charge in [0.25, 0.3) is 15.9 Å². The minimum atomic E-state index is -4.02. The van der Waals surface area contributed by atoms with Crippen LogP contribution in [0.15, 0.2) is 102 Å². The van der Waals surface area contributed by atoms with Gasteiger partial charge in [-0.1, -0.05) is 78.3 Å². The van der Waals surface area contributed by atoms with Gasteiger partial charge < -0.3 is 5.32 Å². The molecule has 0 saturated heterocycles. The zero-order valence-corrected chi connectivity index (χ0v) is 20.9. The smallest absolute Gasteiger partial charge is 0.263 e. The Kier molecular flexibility index (Phi) is 7.24. The molecular formula is C28H25ClN2O3S. The zero-order chi connectivity index (χ0) is 25.0. The van der Waals surface area contributed by atoms with E-state index in [0.717, 1.165) is 22.3 Å². The quantitative estimate of drug-likeness (QED) is 0.311. The molecule has 1 amide bonds. The minimum Gasteiger partial charge on any atom is -0.341 e. The number of sulfonamides is 1. The molecule has 0 fully saturated rings. The Labute approximate surface area is 210 Å². The topological polar surface area (TPSA) is 75.3 Å². The van der Waals surface area contributed by atoms with E-state index in [4.69, 9.17) is 11.6 Å². The Balaban J connectivity index is 1.66. The molecule has 0 aliphatic heterocycles. The SMILES string of the molecule is Cc1cccc(NS(=O)(=O)c2cc(C(=O)N[C@H](c3ccccc3)c3ccccc3C)ccc2Cl)c1. The number of amides is 1. The van der Waals surface area contributed by atoms with Crippen molar-refractivity contribution >= 4 is 33.2 Å². The number of anilines is 1. The van der Waals surface area contributed by atoms with Crippen LogP contribution in [0.5, 0.6) is 0 Å². The third kappa shape index (κ3) is 5.73. The van der Waals surface area contributed by atoms with Crippen LogP contribution in [-0.2, 0) is 10.0 Å². The summed E-state index contributed by atoms with van der Waals surface area (Å²) < 4.78 is 28.7. The first-order valence-corrected chi connectivity index (χ1v) is 12.9. The van der Waals surface area contributed by atoms with Gasteiger partial charge in [0.1, 0.15) is 4.90 Å². The van der Waals surface area contributed by atoms with Gasteiger partial charge in [-0.2, -0.15) is 0 Å². The maximum Gasteiger partial charge on any atom is 0.263 e. The number of carbonyl (C=O) groups is 1. The molecule has 7 heteroatoms. The molecule has 5 nitrogen and oxygen atoms in total. The minimum absolute atomic E-state index is 0.0280. The molecule has 178 valence electrons. The van der Waals surface area contributed by atoms with E-state index < -0.39 is 22.0 Å². The molecular weight excluding hydrogens is 480 g/mol. The van der Waals surface area contributed by atoms with E-state index >= 15 is 0 Å². The van der Waals surface area contributed by atoms with E-state index in [0.29, 0.717) is 5.69 Å². The van der Waals surface area contributed by atoms with Gasteiger partial charge in [0.15, 0.2) is 0 Å². The molecule has 1 atom stereocenters. The Morgan fingerprint density at radius 2 is 1.54 bits per heavy atom. The first-order valence-electron chi connectivity index (χ1n) is 11.0. The highest BCUT2D eigenvalue weighted by Crippen LogP contribution is 2.28. The molecule has 0 aromatic heterocycles. The molecule has 0 aliphatic carbocycles. The maximum absolute atomic E-state index is 13.3. The van der Waals surface area contributed by atoms with E-state index in [9.17, 15) is 13.2 Å². The predicted molar refractivity (Wildman–Crippen MR) is 140 cm³/mol. The molecule has 0 saturated carbocycles. The van der Waals surface area contributed by atoms with E-state index in [1.165, 1.54) is 18.2 Å². The van der Waals surface area contributed by atoms with Crippen LogP contribution in [-0.4, -0.2) is 14.3 Å². The zero-order valence-electron chi connectivity index (χ0n) is 19.3. The van der Waals surface area contributed by atoms with Crippen LogP contribution >= 0.6 is 11.6 Å². The van der Waals surface area contributed by atoms with Gasteiger partial charge in [0.05, 0.1) is 11.1 Å². The highest BCUT2D eigenvalue weighted by atomic mass is 35.5. The van der Waals surface area contributed by atoms with Gasteiger partial charge in [-0.3, -0.25) is 9.52 Å². The summed E-state index contributed by atoms with van der Waals surface area (Å²) in [5.74, 6) is -0.411. The van der Waals surface area contributed by atoms with Crippen molar-refractivity contribution in [3.05, 3.63) is 130 Å². The third-order valence-electron chi connectivity index (χ3n) is 5.66. The first kappa shape index (κ1) is 24.5. The lowest BCUT2D eigenvalue weighted by molar-refractivity contribution is 0.0942. The molecule has 0 spiro atoms. The highest BCUT2D eigenvalue weighted by Gasteiger charge is 2.23. The van der Waals surface area contributed by atoms with Crippen molar-refractivity contribution in [1.82, 2.24) is 5.32 Å². The van der Waals surface area contributed by atoms with Gasteiger partial charge in [0, 0.05) is 11.3 Å². The Hall–Kier alpha value is -3.61. The Bertz CT molecular complexity index is 1470. The van der Waals surface area contributed by atoms with Gasteiger partial charge in [-0.05, 0) is 66.4 Å². The molecule has 35 heavy (non-hydrogen) atoms. The second-order valence-electron chi connectivity index (χ2n) is 8.29. The molecule has 0 unspecified atom stereocenters. The van der Waals surface area contributed by atoms with Crippen molar-refractivity contribution in [2.75, 3.05) is 4.72 Å². The Morgan fingerprint density at radius 1 is 0.829 bits per heavy atom. The average molecular weight is 505 g/mol. The number of carbonyl (C=O) groups excluding carboxylic acids is 1. The molecule has 0 radical (unpaired) electrons. The van der Waals surface area contributed by atoms with E-state index in [1.807, 2.05) is 74.5 Å². The molecule has 4 rings (SSSR count). The summed E-state index contributed by atoms with van der Waals surface area (Å²) >= 11 is 6.25. The summed E-state index contributed by atoms with van der Waals surface area (Å²) in [5, 5.41) is 3.09. The van der Waals surface area contributed by atoms with Crippen LogP contribution in [0.4, 0.5) is 5.69 Å². The van der Waals surface area contributed by atoms with Crippen molar-refractivity contribution < 1.29 is 13.2 Å². The molecule has 0 bridgehead atoms. The summed E-state index contributed by atoms with van der Waals surface area (Å²) in [6, 6.07) is 28.3. The number of aryl methyl sites for hydroxylation is 2. The lowest BCUT2D eigenvalue weighted by atomic mass is 9.94. The third-order valence-corrected chi connectivity index (χ3v) is 7.52. The largest absolute Gasteiger partial charge is 0.341 e. The van der Waals surface area contributed by atoms with Crippen molar-refractivity contribution in [2.45, 2.75) is 24.8 Å². The van der Waals surface area contributed by atoms with E-state index in [1.54, 1.807) is 18.2 Å². The fourth-order valence-electron chi connectivity index (χ4n) is 3.88. The Morgan fingerprint density at radius 3 is 2.26 bits per heavy atom. The van der Waals surface area contributed by atoms with Crippen LogP contribution in [0, 0.1) is 13.8 Å². The van der Waals surface area contributed by atoms with Crippen LogP contribution in [0.1, 0.15) is 38.7 Å². The highest BCUT2D eigenvalue weighted by molar-refractivity contribution is 7.92. The standard InChI is InChI=1S/C28H25ClN2O3S/c1-19-9-8-13-23(17-19)31-35(33,34)26-18-22(15-16-25(26)29)28(32)30-27(21-11-4-3-5-12-21)24-14-7-6-10-20(24)2/h3-18,27,31H,1-2H3,(H,30,32)/t27-/m1/s1. The van der Waals surface area contributed by atoms with Gasteiger partial charge in [-0.15, -0.1) is 0 Å².